The summed E-state index contributed by atoms with van der Waals surface area (Å²) in [4.78, 5) is 21.7. The normalized spacial score (nSPS) is 10.4. The van der Waals surface area contributed by atoms with Crippen molar-refractivity contribution < 1.29 is 23.5 Å². The fraction of sp³-hybridized carbons (Fsp3) is 0.333. The molecule has 0 aliphatic carbocycles. The number of nitrogens with one attached hydrogen (secondary N) is 1. The molecule has 2 N–H and O–H groups in total. The smallest absolute Gasteiger partial charge is 0.303 e. The molecule has 6 heteroatoms. The second-order valence-electron chi connectivity index (χ2n) is 3.69. The molecule has 0 aliphatic heterocycles. The summed E-state index contributed by atoms with van der Waals surface area (Å²) >= 11 is 0. The van der Waals surface area contributed by atoms with Crippen LogP contribution in [0.5, 0.6) is 0 Å². The largest absolute Gasteiger partial charge is 0.481 e. The Balaban J connectivity index is 2.53. The number of benzene rings is 1. The van der Waals surface area contributed by atoms with E-state index >= 15 is 0 Å². The number of carboxylic acids is 1. The lowest BCUT2D eigenvalue weighted by Gasteiger charge is -2.05. The van der Waals surface area contributed by atoms with E-state index in [1.807, 2.05) is 0 Å². The summed E-state index contributed by atoms with van der Waals surface area (Å²) in [6.45, 7) is -0.681. The summed E-state index contributed by atoms with van der Waals surface area (Å²) in [5, 5.41) is 10.6. The van der Waals surface area contributed by atoms with Crippen LogP contribution in [0.2, 0.25) is 0 Å². The maximum absolute atomic E-state index is 11.9. The zero-order chi connectivity index (χ0) is 13.5. The molecule has 0 atom stereocenters. The quantitative estimate of drug-likeness (QED) is 0.815. The SMILES string of the molecule is O=C(O)CCc1ccc(C(=O)NCC(F)F)cc1. The molecule has 18 heavy (non-hydrogen) atoms. The van der Waals surface area contributed by atoms with E-state index in [1.165, 1.54) is 12.1 Å². The van der Waals surface area contributed by atoms with Crippen molar-refractivity contribution >= 4 is 11.9 Å². The van der Waals surface area contributed by atoms with Crippen molar-refractivity contribution in [3.63, 3.8) is 0 Å². The van der Waals surface area contributed by atoms with Gasteiger partial charge < -0.3 is 10.4 Å². The number of halogens is 2. The highest BCUT2D eigenvalue weighted by molar-refractivity contribution is 5.94. The van der Waals surface area contributed by atoms with Gasteiger partial charge in [0.05, 0.1) is 6.54 Å². The lowest BCUT2D eigenvalue weighted by molar-refractivity contribution is -0.136. The summed E-state index contributed by atoms with van der Waals surface area (Å²) in [5.41, 5.74) is 1.05. The van der Waals surface area contributed by atoms with Gasteiger partial charge in [0.2, 0.25) is 0 Å². The maximum atomic E-state index is 11.9. The molecular weight excluding hydrogens is 244 g/mol. The molecule has 0 bridgehead atoms. The summed E-state index contributed by atoms with van der Waals surface area (Å²) < 4.78 is 23.8. The van der Waals surface area contributed by atoms with Crippen molar-refractivity contribution in [2.75, 3.05) is 6.54 Å². The predicted molar refractivity (Wildman–Crippen MR) is 60.7 cm³/mol. The minimum Gasteiger partial charge on any atom is -0.481 e. The average Bonchev–Trinajstić information content (AvgIpc) is 2.34. The third-order valence-corrected chi connectivity index (χ3v) is 2.26. The lowest BCUT2D eigenvalue weighted by Crippen LogP contribution is -2.28. The fourth-order valence-electron chi connectivity index (χ4n) is 1.35. The molecule has 1 rings (SSSR count). The van der Waals surface area contributed by atoms with Crippen LogP contribution in [0.15, 0.2) is 24.3 Å². The molecule has 0 heterocycles. The fourth-order valence-corrected chi connectivity index (χ4v) is 1.35. The highest BCUT2D eigenvalue weighted by Crippen LogP contribution is 2.07. The Hall–Kier alpha value is -1.98. The Labute approximate surface area is 103 Å². The van der Waals surface area contributed by atoms with Crippen LogP contribution >= 0.6 is 0 Å². The minimum absolute atomic E-state index is 0.0108. The molecule has 0 saturated heterocycles. The summed E-state index contributed by atoms with van der Waals surface area (Å²) in [5.74, 6) is -1.46. The number of carbonyl (C=O) groups is 2. The van der Waals surface area contributed by atoms with Crippen LogP contribution in [0.3, 0.4) is 0 Å². The van der Waals surface area contributed by atoms with Gasteiger partial charge in [-0.15, -0.1) is 0 Å². The summed E-state index contributed by atoms with van der Waals surface area (Å²) in [6.07, 6.45) is -2.20. The number of hydrogen-bond acceptors (Lipinski definition) is 2. The van der Waals surface area contributed by atoms with Crippen molar-refractivity contribution in [3.8, 4) is 0 Å². The van der Waals surface area contributed by atoms with Gasteiger partial charge in [0.1, 0.15) is 0 Å². The standard InChI is InChI=1S/C12H13F2NO3/c13-10(14)7-15-12(18)9-4-1-8(2-5-9)3-6-11(16)17/h1-2,4-5,10H,3,6-7H2,(H,15,18)(H,16,17). The minimum atomic E-state index is -2.58. The van der Waals surface area contributed by atoms with Gasteiger partial charge in [0.25, 0.3) is 12.3 Å². The summed E-state index contributed by atoms with van der Waals surface area (Å²) in [6, 6.07) is 6.19. The van der Waals surface area contributed by atoms with Crippen LogP contribution in [-0.4, -0.2) is 30.0 Å². The molecule has 0 aromatic heterocycles. The molecule has 0 unspecified atom stereocenters. The van der Waals surface area contributed by atoms with Crippen LogP contribution in [0.25, 0.3) is 0 Å². The maximum Gasteiger partial charge on any atom is 0.303 e. The molecule has 1 amide bonds. The van der Waals surface area contributed by atoms with Crippen LogP contribution in [0.4, 0.5) is 8.78 Å². The van der Waals surface area contributed by atoms with E-state index in [2.05, 4.69) is 5.32 Å². The molecule has 4 nitrogen and oxygen atoms in total. The Morgan fingerprint density at radius 3 is 2.33 bits per heavy atom. The number of carbonyl (C=O) groups excluding carboxylic acids is 1. The van der Waals surface area contributed by atoms with Crippen LogP contribution < -0.4 is 5.32 Å². The number of rotatable bonds is 6. The molecule has 1 aromatic rings. The number of alkyl halides is 2. The topological polar surface area (TPSA) is 66.4 Å². The number of amides is 1. The van der Waals surface area contributed by atoms with Gasteiger partial charge in [0.15, 0.2) is 0 Å². The Bertz CT molecular complexity index is 418. The zero-order valence-corrected chi connectivity index (χ0v) is 9.53. The van der Waals surface area contributed by atoms with Gasteiger partial charge in [-0.3, -0.25) is 9.59 Å². The molecular formula is C12H13F2NO3. The van der Waals surface area contributed by atoms with Crippen molar-refractivity contribution in [3.05, 3.63) is 35.4 Å². The average molecular weight is 257 g/mol. The molecule has 0 saturated carbocycles. The Morgan fingerprint density at radius 1 is 1.22 bits per heavy atom. The van der Waals surface area contributed by atoms with Gasteiger partial charge >= 0.3 is 5.97 Å². The van der Waals surface area contributed by atoms with Gasteiger partial charge in [-0.05, 0) is 24.1 Å². The first-order chi connectivity index (χ1) is 8.49. The van der Waals surface area contributed by atoms with Gasteiger partial charge in [-0.2, -0.15) is 0 Å². The van der Waals surface area contributed by atoms with Crippen molar-refractivity contribution in [1.82, 2.24) is 5.32 Å². The van der Waals surface area contributed by atoms with E-state index in [0.717, 1.165) is 5.56 Å². The van der Waals surface area contributed by atoms with Crippen LogP contribution in [-0.2, 0) is 11.2 Å². The zero-order valence-electron chi connectivity index (χ0n) is 9.53. The Morgan fingerprint density at radius 2 is 1.83 bits per heavy atom. The molecule has 1 aromatic carbocycles. The van der Waals surface area contributed by atoms with Crippen molar-refractivity contribution in [2.45, 2.75) is 19.3 Å². The van der Waals surface area contributed by atoms with E-state index in [1.54, 1.807) is 12.1 Å². The monoisotopic (exact) mass is 257 g/mol. The molecule has 0 radical (unpaired) electrons. The second-order valence-corrected chi connectivity index (χ2v) is 3.69. The molecule has 0 fully saturated rings. The van der Waals surface area contributed by atoms with E-state index in [-0.39, 0.29) is 12.0 Å². The molecule has 0 aliphatic rings. The highest BCUT2D eigenvalue weighted by Gasteiger charge is 2.08. The van der Waals surface area contributed by atoms with Crippen LogP contribution in [0.1, 0.15) is 22.3 Å². The van der Waals surface area contributed by atoms with Crippen molar-refractivity contribution in [2.24, 2.45) is 0 Å². The van der Waals surface area contributed by atoms with Gasteiger partial charge in [-0.25, -0.2) is 8.78 Å². The van der Waals surface area contributed by atoms with E-state index in [9.17, 15) is 18.4 Å². The van der Waals surface area contributed by atoms with Gasteiger partial charge in [-0.1, -0.05) is 12.1 Å². The number of hydrogen-bond donors (Lipinski definition) is 2. The number of carboxylic acid groups (broad SMARTS) is 1. The Kier molecular flexibility index (Phi) is 5.23. The van der Waals surface area contributed by atoms with E-state index in [4.69, 9.17) is 5.11 Å². The first kappa shape index (κ1) is 14.1. The highest BCUT2D eigenvalue weighted by atomic mass is 19.3. The third kappa shape index (κ3) is 4.90. The lowest BCUT2D eigenvalue weighted by atomic mass is 10.1. The summed E-state index contributed by atoms with van der Waals surface area (Å²) in [7, 11) is 0. The van der Waals surface area contributed by atoms with Gasteiger partial charge in [0, 0.05) is 12.0 Å². The first-order valence-electron chi connectivity index (χ1n) is 5.36. The first-order valence-corrected chi connectivity index (χ1v) is 5.36. The van der Waals surface area contributed by atoms with Crippen molar-refractivity contribution in [1.29, 1.82) is 0 Å². The van der Waals surface area contributed by atoms with E-state index < -0.39 is 24.8 Å². The third-order valence-electron chi connectivity index (χ3n) is 2.26. The number of aryl methyl sites for hydroxylation is 1. The van der Waals surface area contributed by atoms with E-state index in [0.29, 0.717) is 6.42 Å². The molecule has 0 spiro atoms. The second kappa shape index (κ2) is 6.68. The predicted octanol–water partition coefficient (Wildman–Crippen LogP) is 1.70. The number of aliphatic carboxylic acids is 1. The molecule has 98 valence electrons. The van der Waals surface area contributed by atoms with Crippen LogP contribution in [0, 0.1) is 0 Å².